The third-order valence-electron chi connectivity index (χ3n) is 5.96. The topological polar surface area (TPSA) is 63.6 Å². The first-order chi connectivity index (χ1) is 12.6. The zero-order valence-electron chi connectivity index (χ0n) is 16.6. The summed E-state index contributed by atoms with van der Waals surface area (Å²) < 4.78 is 0. The second-order valence-corrected chi connectivity index (χ2v) is 8.79. The highest BCUT2D eigenvalue weighted by Crippen LogP contribution is 2.46. The molecule has 0 saturated carbocycles. The summed E-state index contributed by atoms with van der Waals surface area (Å²) in [6, 6.07) is 8.61. The molecule has 0 N–H and O–H groups in total. The van der Waals surface area contributed by atoms with E-state index in [9.17, 15) is 14.5 Å². The van der Waals surface area contributed by atoms with Crippen molar-refractivity contribution in [3.63, 3.8) is 0 Å². The van der Waals surface area contributed by atoms with Gasteiger partial charge in [0.1, 0.15) is 5.69 Å². The molecule has 1 aliphatic rings. The number of aldehydes is 1. The SMILES string of the molecule is Cc1cc2c(cc1C(=O)c1ccc(C=O)c(N=O)c1)C(C)(C)CCC2(C)C. The van der Waals surface area contributed by atoms with Gasteiger partial charge in [-0.25, -0.2) is 0 Å². The molecular formula is C23H25NO3. The van der Waals surface area contributed by atoms with Gasteiger partial charge >= 0.3 is 0 Å². The molecule has 0 aromatic heterocycles. The molecule has 140 valence electrons. The van der Waals surface area contributed by atoms with Gasteiger partial charge in [-0.15, -0.1) is 4.91 Å². The third kappa shape index (κ3) is 3.25. The number of hydrogen-bond acceptors (Lipinski definition) is 4. The molecule has 0 heterocycles. The largest absolute Gasteiger partial charge is 0.298 e. The van der Waals surface area contributed by atoms with Crippen LogP contribution in [0, 0.1) is 11.8 Å². The smallest absolute Gasteiger partial charge is 0.193 e. The third-order valence-corrected chi connectivity index (χ3v) is 5.96. The van der Waals surface area contributed by atoms with E-state index in [2.05, 4.69) is 38.9 Å². The van der Waals surface area contributed by atoms with Crippen LogP contribution in [0.15, 0.2) is 35.5 Å². The Bertz CT molecular complexity index is 954. The molecule has 2 aromatic carbocycles. The van der Waals surface area contributed by atoms with Crippen molar-refractivity contribution >= 4 is 17.8 Å². The van der Waals surface area contributed by atoms with Crippen LogP contribution in [0.4, 0.5) is 5.69 Å². The van der Waals surface area contributed by atoms with Gasteiger partial charge in [0.25, 0.3) is 0 Å². The monoisotopic (exact) mass is 363 g/mol. The lowest BCUT2D eigenvalue weighted by atomic mass is 9.62. The highest BCUT2D eigenvalue weighted by atomic mass is 16.3. The average molecular weight is 363 g/mol. The molecule has 0 atom stereocenters. The van der Waals surface area contributed by atoms with Crippen LogP contribution < -0.4 is 0 Å². The standard InChI is InChI=1S/C23H25NO3/c1-14-10-18-19(23(4,5)9-8-22(18,2)3)12-17(14)21(26)15-6-7-16(13-25)20(11-15)24-27/h6-7,10-13H,8-9H2,1-5H3. The van der Waals surface area contributed by atoms with E-state index >= 15 is 0 Å². The number of hydrogen-bond donors (Lipinski definition) is 0. The van der Waals surface area contributed by atoms with Crippen LogP contribution in [-0.2, 0) is 10.8 Å². The maximum absolute atomic E-state index is 13.2. The molecule has 3 rings (SSSR count). The summed E-state index contributed by atoms with van der Waals surface area (Å²) in [4.78, 5) is 35.2. The summed E-state index contributed by atoms with van der Waals surface area (Å²) in [6.45, 7) is 10.9. The molecule has 4 nitrogen and oxygen atoms in total. The molecule has 27 heavy (non-hydrogen) atoms. The van der Waals surface area contributed by atoms with Gasteiger partial charge in [-0.3, -0.25) is 9.59 Å². The van der Waals surface area contributed by atoms with Crippen LogP contribution in [0.3, 0.4) is 0 Å². The van der Waals surface area contributed by atoms with Crippen LogP contribution in [0.5, 0.6) is 0 Å². The van der Waals surface area contributed by atoms with E-state index in [1.165, 1.54) is 23.3 Å². The minimum atomic E-state index is -0.156. The first-order valence-corrected chi connectivity index (χ1v) is 9.23. The van der Waals surface area contributed by atoms with Crippen LogP contribution in [0.2, 0.25) is 0 Å². The summed E-state index contributed by atoms with van der Waals surface area (Å²) in [7, 11) is 0. The summed E-state index contributed by atoms with van der Waals surface area (Å²) in [5, 5.41) is 2.88. The fourth-order valence-electron chi connectivity index (χ4n) is 3.99. The van der Waals surface area contributed by atoms with Crippen molar-refractivity contribution in [2.45, 2.75) is 58.3 Å². The average Bonchev–Trinajstić information content (AvgIpc) is 2.64. The number of nitroso groups, excluding NO2 is 1. The fraction of sp³-hybridized carbons (Fsp3) is 0.391. The molecule has 0 saturated heterocycles. The van der Waals surface area contributed by atoms with E-state index in [-0.39, 0.29) is 27.9 Å². The van der Waals surface area contributed by atoms with Gasteiger partial charge < -0.3 is 0 Å². The van der Waals surface area contributed by atoms with E-state index in [4.69, 9.17) is 0 Å². The Morgan fingerprint density at radius 2 is 1.59 bits per heavy atom. The minimum absolute atomic E-state index is 0.00444. The fourth-order valence-corrected chi connectivity index (χ4v) is 3.99. The van der Waals surface area contributed by atoms with Gasteiger partial charge in [-0.1, -0.05) is 39.8 Å². The highest BCUT2D eigenvalue weighted by molar-refractivity contribution is 6.11. The number of benzene rings is 2. The van der Waals surface area contributed by atoms with Crippen molar-refractivity contribution in [1.82, 2.24) is 0 Å². The van der Waals surface area contributed by atoms with Gasteiger partial charge in [0.15, 0.2) is 12.1 Å². The second-order valence-electron chi connectivity index (χ2n) is 8.79. The van der Waals surface area contributed by atoms with Gasteiger partial charge in [0.05, 0.1) is 0 Å². The Balaban J connectivity index is 2.14. The van der Waals surface area contributed by atoms with E-state index in [1.54, 1.807) is 6.07 Å². The van der Waals surface area contributed by atoms with E-state index < -0.39 is 0 Å². The predicted octanol–water partition coefficient (Wildman–Crippen LogP) is 5.79. The maximum Gasteiger partial charge on any atom is 0.193 e. The van der Waals surface area contributed by atoms with Gasteiger partial charge in [0, 0.05) is 16.7 Å². The van der Waals surface area contributed by atoms with E-state index in [1.807, 2.05) is 13.0 Å². The van der Waals surface area contributed by atoms with Crippen molar-refractivity contribution in [2.24, 2.45) is 5.18 Å². The molecule has 0 amide bonds. The van der Waals surface area contributed by atoms with Crippen molar-refractivity contribution in [1.29, 1.82) is 0 Å². The number of fused-ring (bicyclic) bond motifs is 1. The number of aryl methyl sites for hydroxylation is 1. The quantitative estimate of drug-likeness (QED) is 0.392. The number of ketones is 1. The number of nitrogens with zero attached hydrogens (tertiary/aromatic N) is 1. The molecule has 0 unspecified atom stereocenters. The minimum Gasteiger partial charge on any atom is -0.298 e. The zero-order chi connectivity index (χ0) is 20.0. The molecule has 1 aliphatic carbocycles. The van der Waals surface area contributed by atoms with Gasteiger partial charge in [0.2, 0.25) is 0 Å². The number of carbonyl (C=O) groups is 2. The molecule has 0 aliphatic heterocycles. The van der Waals surface area contributed by atoms with Crippen molar-refractivity contribution in [2.75, 3.05) is 0 Å². The van der Waals surface area contributed by atoms with Crippen molar-refractivity contribution in [3.05, 3.63) is 68.6 Å². The summed E-state index contributed by atoms with van der Waals surface area (Å²) in [5.74, 6) is -0.156. The molecule has 4 heteroatoms. The van der Waals surface area contributed by atoms with Gasteiger partial charge in [-0.2, -0.15) is 0 Å². The highest BCUT2D eigenvalue weighted by Gasteiger charge is 2.37. The predicted molar refractivity (Wildman–Crippen MR) is 107 cm³/mol. The summed E-state index contributed by atoms with van der Waals surface area (Å²) in [5.41, 5.74) is 4.71. The molecule has 0 radical (unpaired) electrons. The Hall–Kier alpha value is -2.62. The Morgan fingerprint density at radius 3 is 2.15 bits per heavy atom. The molecule has 0 bridgehead atoms. The van der Waals surface area contributed by atoms with Gasteiger partial charge in [-0.05, 0) is 70.7 Å². The molecule has 0 fully saturated rings. The molecular weight excluding hydrogens is 338 g/mol. The lowest BCUT2D eigenvalue weighted by molar-refractivity contribution is 0.103. The molecule has 0 spiro atoms. The van der Waals surface area contributed by atoms with Crippen LogP contribution in [0.25, 0.3) is 0 Å². The second kappa shape index (κ2) is 6.52. The Labute approximate surface area is 160 Å². The lowest BCUT2D eigenvalue weighted by Gasteiger charge is -2.42. The first-order valence-electron chi connectivity index (χ1n) is 9.23. The normalized spacial score (nSPS) is 17.1. The Morgan fingerprint density at radius 1 is 1.00 bits per heavy atom. The van der Waals surface area contributed by atoms with Crippen molar-refractivity contribution in [3.8, 4) is 0 Å². The molecule has 2 aromatic rings. The van der Waals surface area contributed by atoms with Crippen LogP contribution in [0.1, 0.15) is 83.5 Å². The maximum atomic E-state index is 13.2. The van der Waals surface area contributed by atoms with E-state index in [0.29, 0.717) is 17.4 Å². The van der Waals surface area contributed by atoms with Crippen LogP contribution in [-0.4, -0.2) is 12.1 Å². The summed E-state index contributed by atoms with van der Waals surface area (Å²) in [6.07, 6.45) is 2.75. The zero-order valence-corrected chi connectivity index (χ0v) is 16.6. The lowest BCUT2D eigenvalue weighted by Crippen LogP contribution is -2.34. The van der Waals surface area contributed by atoms with Crippen molar-refractivity contribution < 1.29 is 9.59 Å². The first kappa shape index (κ1) is 19.2. The van der Waals surface area contributed by atoms with Crippen LogP contribution >= 0.6 is 0 Å². The van der Waals surface area contributed by atoms with E-state index in [0.717, 1.165) is 18.4 Å². The number of carbonyl (C=O) groups excluding carboxylic acids is 2. The summed E-state index contributed by atoms with van der Waals surface area (Å²) >= 11 is 0. The number of rotatable bonds is 4. The Kier molecular flexibility index (Phi) is 4.62.